The molecular formula is C11H12FN5OS. The first-order chi connectivity index (χ1) is 9.11. The molecule has 0 unspecified atom stereocenters. The second-order valence-electron chi connectivity index (χ2n) is 3.71. The van der Waals surface area contributed by atoms with Crippen molar-refractivity contribution < 1.29 is 9.18 Å². The number of hydrazine groups is 1. The van der Waals surface area contributed by atoms with E-state index in [1.807, 2.05) is 12.3 Å². The maximum atomic E-state index is 13.8. The average molecular weight is 281 g/mol. The van der Waals surface area contributed by atoms with Gasteiger partial charge in [-0.05, 0) is 13.0 Å². The number of halogens is 1. The van der Waals surface area contributed by atoms with Crippen LogP contribution in [-0.2, 0) is 6.54 Å². The third kappa shape index (κ3) is 3.04. The molecule has 0 saturated heterocycles. The molecular weight excluding hydrogens is 269 g/mol. The van der Waals surface area contributed by atoms with Crippen LogP contribution in [0.25, 0.3) is 0 Å². The van der Waals surface area contributed by atoms with Gasteiger partial charge in [0.2, 0.25) is 0 Å². The quantitative estimate of drug-likeness (QED) is 0.578. The number of aryl methyl sites for hydroxylation is 1. The highest BCUT2D eigenvalue weighted by Crippen LogP contribution is 2.14. The zero-order chi connectivity index (χ0) is 13.8. The van der Waals surface area contributed by atoms with Gasteiger partial charge in [0.25, 0.3) is 5.91 Å². The molecule has 100 valence electrons. The molecule has 2 rings (SSSR count). The summed E-state index contributed by atoms with van der Waals surface area (Å²) in [5, 5.41) is 5.34. The number of anilines is 1. The van der Waals surface area contributed by atoms with Crippen LogP contribution >= 0.6 is 11.3 Å². The maximum absolute atomic E-state index is 13.8. The highest BCUT2D eigenvalue weighted by atomic mass is 32.1. The van der Waals surface area contributed by atoms with E-state index in [0.29, 0.717) is 0 Å². The molecule has 0 bridgehead atoms. The van der Waals surface area contributed by atoms with Crippen LogP contribution in [0.1, 0.15) is 21.1 Å². The van der Waals surface area contributed by atoms with Crippen molar-refractivity contribution >= 4 is 23.1 Å². The Labute approximate surface area is 112 Å². The Balaban J connectivity index is 2.08. The molecule has 0 aliphatic heterocycles. The van der Waals surface area contributed by atoms with Gasteiger partial charge in [-0.15, -0.1) is 11.3 Å². The normalized spacial score (nSPS) is 10.3. The van der Waals surface area contributed by atoms with Crippen molar-refractivity contribution in [1.29, 1.82) is 0 Å². The number of thiazole rings is 1. The van der Waals surface area contributed by atoms with Crippen LogP contribution in [0, 0.1) is 12.7 Å². The fraction of sp³-hybridized carbons (Fsp3) is 0.182. The highest BCUT2D eigenvalue weighted by molar-refractivity contribution is 7.09. The number of nitrogens with one attached hydrogen (secondary N) is 2. The number of nitrogens with zero attached hydrogens (tertiary/aromatic N) is 2. The van der Waals surface area contributed by atoms with Crippen LogP contribution in [0.5, 0.6) is 0 Å². The van der Waals surface area contributed by atoms with E-state index >= 15 is 0 Å². The standard InChI is InChI=1S/C11H12FN5OS/c1-6-16-7(5-19-6)4-15-11(18)8-2-3-14-10(17-13)9(8)12/h2-3,5H,4,13H2,1H3,(H,14,17)(H,15,18). The molecule has 0 spiro atoms. The fourth-order valence-corrected chi connectivity index (χ4v) is 2.09. The molecule has 0 radical (unpaired) electrons. The Morgan fingerprint density at radius 3 is 3.00 bits per heavy atom. The molecule has 8 heteroatoms. The largest absolute Gasteiger partial charge is 0.346 e. The number of carbonyl (C=O) groups excluding carboxylic acids is 1. The monoisotopic (exact) mass is 281 g/mol. The van der Waals surface area contributed by atoms with Gasteiger partial charge >= 0.3 is 0 Å². The van der Waals surface area contributed by atoms with Crippen LogP contribution in [0.15, 0.2) is 17.6 Å². The summed E-state index contributed by atoms with van der Waals surface area (Å²) in [7, 11) is 0. The topological polar surface area (TPSA) is 92.9 Å². The third-order valence-corrected chi connectivity index (χ3v) is 3.19. The highest BCUT2D eigenvalue weighted by Gasteiger charge is 2.15. The number of pyridine rings is 1. The lowest BCUT2D eigenvalue weighted by Crippen LogP contribution is -2.25. The summed E-state index contributed by atoms with van der Waals surface area (Å²) in [4.78, 5) is 19.7. The second-order valence-corrected chi connectivity index (χ2v) is 4.77. The lowest BCUT2D eigenvalue weighted by atomic mass is 10.2. The summed E-state index contributed by atoms with van der Waals surface area (Å²) in [5.74, 6) is 3.60. The number of hydrogen-bond donors (Lipinski definition) is 3. The predicted molar refractivity (Wildman–Crippen MR) is 70.0 cm³/mol. The average Bonchev–Trinajstić information content (AvgIpc) is 2.82. The summed E-state index contributed by atoms with van der Waals surface area (Å²) in [6, 6.07) is 1.29. The number of nitrogens with two attached hydrogens (primary N) is 1. The molecule has 0 aromatic carbocycles. The van der Waals surface area contributed by atoms with Gasteiger partial charge in [0.05, 0.1) is 22.8 Å². The number of amides is 1. The molecule has 6 nitrogen and oxygen atoms in total. The lowest BCUT2D eigenvalue weighted by molar-refractivity contribution is 0.0946. The first-order valence-electron chi connectivity index (χ1n) is 5.42. The Morgan fingerprint density at radius 1 is 1.58 bits per heavy atom. The van der Waals surface area contributed by atoms with E-state index in [4.69, 9.17) is 5.84 Å². The van der Waals surface area contributed by atoms with Crippen molar-refractivity contribution in [3.05, 3.63) is 39.7 Å². The molecule has 0 aliphatic rings. The van der Waals surface area contributed by atoms with Crippen LogP contribution in [0.3, 0.4) is 0 Å². The number of carbonyl (C=O) groups is 1. The van der Waals surface area contributed by atoms with Crippen LogP contribution < -0.4 is 16.6 Å². The molecule has 4 N–H and O–H groups in total. The summed E-state index contributed by atoms with van der Waals surface area (Å²) in [6.07, 6.45) is 1.31. The van der Waals surface area contributed by atoms with Crippen molar-refractivity contribution in [3.8, 4) is 0 Å². The van der Waals surface area contributed by atoms with E-state index in [1.165, 1.54) is 23.6 Å². The molecule has 2 heterocycles. The van der Waals surface area contributed by atoms with E-state index in [-0.39, 0.29) is 17.9 Å². The third-order valence-electron chi connectivity index (χ3n) is 2.37. The minimum atomic E-state index is -0.781. The Kier molecular flexibility index (Phi) is 4.03. The van der Waals surface area contributed by atoms with Crippen molar-refractivity contribution in [2.24, 2.45) is 5.84 Å². The minimum Gasteiger partial charge on any atom is -0.346 e. The van der Waals surface area contributed by atoms with Gasteiger partial charge in [-0.3, -0.25) is 4.79 Å². The maximum Gasteiger partial charge on any atom is 0.254 e. The van der Waals surface area contributed by atoms with Gasteiger partial charge in [0.1, 0.15) is 0 Å². The van der Waals surface area contributed by atoms with Gasteiger partial charge in [0, 0.05) is 11.6 Å². The number of rotatable bonds is 4. The first kappa shape index (κ1) is 13.4. The van der Waals surface area contributed by atoms with Crippen molar-refractivity contribution in [3.63, 3.8) is 0 Å². The van der Waals surface area contributed by atoms with Crippen molar-refractivity contribution in [2.75, 3.05) is 5.43 Å². The smallest absolute Gasteiger partial charge is 0.254 e. The zero-order valence-electron chi connectivity index (χ0n) is 10.1. The molecule has 19 heavy (non-hydrogen) atoms. The molecule has 2 aromatic heterocycles. The summed E-state index contributed by atoms with van der Waals surface area (Å²) < 4.78 is 13.8. The van der Waals surface area contributed by atoms with E-state index in [9.17, 15) is 9.18 Å². The van der Waals surface area contributed by atoms with Crippen LogP contribution in [0.2, 0.25) is 0 Å². The molecule has 0 aliphatic carbocycles. The Morgan fingerprint density at radius 2 is 2.37 bits per heavy atom. The van der Waals surface area contributed by atoms with Gasteiger partial charge in [-0.2, -0.15) is 0 Å². The van der Waals surface area contributed by atoms with E-state index in [2.05, 4.69) is 20.7 Å². The van der Waals surface area contributed by atoms with E-state index in [1.54, 1.807) is 0 Å². The Bertz CT molecular complexity index is 601. The molecule has 1 amide bonds. The van der Waals surface area contributed by atoms with Gasteiger partial charge in [-0.25, -0.2) is 20.2 Å². The second kappa shape index (κ2) is 5.72. The van der Waals surface area contributed by atoms with E-state index < -0.39 is 11.7 Å². The lowest BCUT2D eigenvalue weighted by Gasteiger charge is -2.07. The van der Waals surface area contributed by atoms with Crippen LogP contribution in [-0.4, -0.2) is 15.9 Å². The Hall–Kier alpha value is -2.06. The minimum absolute atomic E-state index is 0.116. The molecule has 0 fully saturated rings. The number of hydrogen-bond acceptors (Lipinski definition) is 6. The number of aromatic nitrogens is 2. The van der Waals surface area contributed by atoms with Gasteiger partial charge < -0.3 is 10.7 Å². The summed E-state index contributed by atoms with van der Waals surface area (Å²) >= 11 is 1.49. The first-order valence-corrected chi connectivity index (χ1v) is 6.30. The van der Waals surface area contributed by atoms with Gasteiger partial charge in [-0.1, -0.05) is 0 Å². The van der Waals surface area contributed by atoms with Crippen molar-refractivity contribution in [1.82, 2.24) is 15.3 Å². The predicted octanol–water partition coefficient (Wildman–Crippen LogP) is 1.20. The van der Waals surface area contributed by atoms with Crippen molar-refractivity contribution in [2.45, 2.75) is 13.5 Å². The molecule has 0 saturated carbocycles. The summed E-state index contributed by atoms with van der Waals surface area (Å²) in [5.41, 5.74) is 2.71. The fourth-order valence-electron chi connectivity index (χ4n) is 1.48. The van der Waals surface area contributed by atoms with Gasteiger partial charge in [0.15, 0.2) is 11.6 Å². The van der Waals surface area contributed by atoms with Crippen LogP contribution in [0.4, 0.5) is 10.2 Å². The molecule has 2 aromatic rings. The SMILES string of the molecule is Cc1nc(CNC(=O)c2ccnc(NN)c2F)cs1. The number of nitrogen functional groups attached to an aromatic ring is 1. The molecule has 0 atom stereocenters. The van der Waals surface area contributed by atoms with E-state index in [0.717, 1.165) is 10.7 Å². The summed E-state index contributed by atoms with van der Waals surface area (Å²) in [6.45, 7) is 2.12. The zero-order valence-corrected chi connectivity index (χ0v) is 10.9.